The second-order valence-electron chi connectivity index (χ2n) is 9.83. The molecule has 5 heteroatoms. The summed E-state index contributed by atoms with van der Waals surface area (Å²) < 4.78 is 5.57. The number of hydrogen-bond donors (Lipinski definition) is 1. The fourth-order valence-electron chi connectivity index (χ4n) is 4.07. The number of ether oxygens (including phenoxy) is 1. The Kier molecular flexibility index (Phi) is 9.46. The normalized spacial score (nSPS) is 19.4. The molecule has 2 unspecified atom stereocenters. The second kappa shape index (κ2) is 11.8. The van der Waals surface area contributed by atoms with Gasteiger partial charge in [0, 0.05) is 16.7 Å². The molecule has 1 heterocycles. The maximum Gasteiger partial charge on any atom is 0.335 e. The first kappa shape index (κ1) is 26.4. The van der Waals surface area contributed by atoms with Crippen molar-refractivity contribution in [3.8, 4) is 11.8 Å². The molecule has 0 saturated carbocycles. The summed E-state index contributed by atoms with van der Waals surface area (Å²) in [6.45, 7) is 14.3. The molecule has 0 radical (unpaired) electrons. The highest BCUT2D eigenvalue weighted by Gasteiger charge is 2.41. The number of esters is 1. The molecule has 0 bridgehead atoms. The molecule has 0 aliphatic carbocycles. The van der Waals surface area contributed by atoms with Crippen LogP contribution in [0.25, 0.3) is 0 Å². The summed E-state index contributed by atoms with van der Waals surface area (Å²) in [5.41, 5.74) is 1.41. The third kappa shape index (κ3) is 7.32. The van der Waals surface area contributed by atoms with Crippen molar-refractivity contribution in [1.29, 1.82) is 0 Å². The highest BCUT2D eigenvalue weighted by molar-refractivity contribution is 6.17. The zero-order valence-corrected chi connectivity index (χ0v) is 21.1. The fraction of sp³-hybridized carbons (Fsp3) is 0.536. The topological polar surface area (TPSA) is 67.8 Å². The molecule has 2 atom stereocenters. The van der Waals surface area contributed by atoms with E-state index in [4.69, 9.17) is 9.73 Å². The highest BCUT2D eigenvalue weighted by atomic mass is 16.5. The summed E-state index contributed by atoms with van der Waals surface area (Å²) in [5, 5.41) is 2.98. The van der Waals surface area contributed by atoms with Crippen molar-refractivity contribution in [2.45, 2.75) is 73.3 Å². The van der Waals surface area contributed by atoms with E-state index in [-0.39, 0.29) is 24.3 Å². The van der Waals surface area contributed by atoms with Crippen LogP contribution in [0, 0.1) is 29.6 Å². The number of nitrogens with zero attached hydrogens (tertiary/aromatic N) is 1. The first-order valence-corrected chi connectivity index (χ1v) is 11.9. The highest BCUT2D eigenvalue weighted by Crippen LogP contribution is 2.31. The van der Waals surface area contributed by atoms with E-state index in [1.54, 1.807) is 0 Å². The molecule has 5 nitrogen and oxygen atoms in total. The number of rotatable bonds is 9. The summed E-state index contributed by atoms with van der Waals surface area (Å²) in [5.74, 6) is 6.54. The zero-order valence-electron chi connectivity index (χ0n) is 21.1. The predicted octanol–water partition coefficient (Wildman–Crippen LogP) is 5.30. The Morgan fingerprint density at radius 2 is 1.79 bits per heavy atom. The molecule has 0 aromatic heterocycles. The molecule has 2 rings (SSSR count). The summed E-state index contributed by atoms with van der Waals surface area (Å²) in [6, 6.07) is 9.59. The van der Waals surface area contributed by atoms with Crippen LogP contribution in [-0.4, -0.2) is 29.9 Å². The van der Waals surface area contributed by atoms with Crippen LogP contribution in [0.1, 0.15) is 73.3 Å². The van der Waals surface area contributed by atoms with Crippen LogP contribution in [-0.2, 0) is 14.3 Å². The zero-order chi connectivity index (χ0) is 24.6. The Bertz CT molecular complexity index is 964. The molecule has 178 valence electrons. The molecule has 0 saturated heterocycles. The Hall–Kier alpha value is -2.87. The number of carbonyl (C=O) groups is 2. The Morgan fingerprint density at radius 3 is 2.36 bits per heavy atom. The van der Waals surface area contributed by atoms with Gasteiger partial charge in [0.25, 0.3) is 5.91 Å². The van der Waals surface area contributed by atoms with Crippen LogP contribution in [0.3, 0.4) is 0 Å². The van der Waals surface area contributed by atoms with Crippen LogP contribution in [0.2, 0.25) is 0 Å². The molecule has 1 amide bonds. The standard InChI is InChI=1S/C28H38N2O3/c1-8-21(6)24(25-29-27(32)28(7,30-25)18-20(4)5)23(17-19(2)3)26(31)33-16-12-15-22-13-10-9-11-14-22/h9-11,13-14,19-21H,8,16-18H2,1-7H3,(H,29,30,32)/b24-23-. The number of amidine groups is 1. The van der Waals surface area contributed by atoms with E-state index in [2.05, 4.69) is 58.7 Å². The van der Waals surface area contributed by atoms with Crippen LogP contribution in [0.4, 0.5) is 0 Å². The lowest BCUT2D eigenvalue weighted by atomic mass is 9.88. The van der Waals surface area contributed by atoms with E-state index in [0.29, 0.717) is 30.2 Å². The van der Waals surface area contributed by atoms with Gasteiger partial charge in [-0.1, -0.05) is 71.6 Å². The van der Waals surface area contributed by atoms with Gasteiger partial charge >= 0.3 is 5.97 Å². The Labute approximate surface area is 199 Å². The van der Waals surface area contributed by atoms with Crippen molar-refractivity contribution in [2.75, 3.05) is 6.61 Å². The van der Waals surface area contributed by atoms with Gasteiger partial charge in [0.2, 0.25) is 0 Å². The van der Waals surface area contributed by atoms with Crippen LogP contribution >= 0.6 is 0 Å². The minimum absolute atomic E-state index is 0.00695. The minimum atomic E-state index is -0.823. The Morgan fingerprint density at radius 1 is 1.12 bits per heavy atom. The lowest BCUT2D eigenvalue weighted by molar-refractivity contribution is -0.138. The average Bonchev–Trinajstić information content (AvgIpc) is 3.03. The summed E-state index contributed by atoms with van der Waals surface area (Å²) in [4.78, 5) is 30.9. The number of carbonyl (C=O) groups excluding carboxylic acids is 2. The van der Waals surface area contributed by atoms with Gasteiger partial charge in [0.1, 0.15) is 11.4 Å². The number of nitrogens with one attached hydrogen (secondary N) is 1. The molecule has 1 aliphatic heterocycles. The van der Waals surface area contributed by atoms with Crippen molar-refractivity contribution >= 4 is 17.7 Å². The van der Waals surface area contributed by atoms with Gasteiger partial charge in [-0.3, -0.25) is 9.79 Å². The van der Waals surface area contributed by atoms with Gasteiger partial charge in [-0.15, -0.1) is 0 Å². The van der Waals surface area contributed by atoms with E-state index in [9.17, 15) is 9.59 Å². The number of amides is 1. The van der Waals surface area contributed by atoms with Crippen molar-refractivity contribution in [3.05, 3.63) is 47.0 Å². The van der Waals surface area contributed by atoms with Gasteiger partial charge < -0.3 is 10.1 Å². The van der Waals surface area contributed by atoms with Gasteiger partial charge in [0.15, 0.2) is 6.61 Å². The Balaban J connectivity index is 2.39. The molecular weight excluding hydrogens is 412 g/mol. The largest absolute Gasteiger partial charge is 0.449 e. The van der Waals surface area contributed by atoms with Crippen LogP contribution in [0.15, 0.2) is 46.5 Å². The molecule has 0 fully saturated rings. The monoisotopic (exact) mass is 450 g/mol. The molecule has 0 spiro atoms. The lowest BCUT2D eigenvalue weighted by Gasteiger charge is -2.21. The fourth-order valence-corrected chi connectivity index (χ4v) is 4.07. The second-order valence-corrected chi connectivity index (χ2v) is 9.83. The van der Waals surface area contributed by atoms with Gasteiger partial charge in [-0.25, -0.2) is 4.79 Å². The van der Waals surface area contributed by atoms with E-state index in [0.717, 1.165) is 17.6 Å². The van der Waals surface area contributed by atoms with Crippen molar-refractivity contribution in [3.63, 3.8) is 0 Å². The van der Waals surface area contributed by atoms with Crippen molar-refractivity contribution in [2.24, 2.45) is 22.7 Å². The smallest absolute Gasteiger partial charge is 0.335 e. The van der Waals surface area contributed by atoms with Crippen LogP contribution < -0.4 is 5.32 Å². The van der Waals surface area contributed by atoms with Crippen molar-refractivity contribution < 1.29 is 14.3 Å². The van der Waals surface area contributed by atoms with E-state index >= 15 is 0 Å². The van der Waals surface area contributed by atoms with E-state index in [1.165, 1.54) is 0 Å². The lowest BCUT2D eigenvalue weighted by Crippen LogP contribution is -2.39. The van der Waals surface area contributed by atoms with E-state index < -0.39 is 11.5 Å². The molecule has 1 aliphatic rings. The molecule has 33 heavy (non-hydrogen) atoms. The predicted molar refractivity (Wildman–Crippen MR) is 134 cm³/mol. The van der Waals surface area contributed by atoms with Crippen LogP contribution in [0.5, 0.6) is 0 Å². The van der Waals surface area contributed by atoms with Gasteiger partial charge in [-0.05, 0) is 56.1 Å². The minimum Gasteiger partial charge on any atom is -0.449 e. The molecule has 1 N–H and O–H groups in total. The van der Waals surface area contributed by atoms with Crippen molar-refractivity contribution in [1.82, 2.24) is 5.32 Å². The third-order valence-electron chi connectivity index (χ3n) is 5.71. The summed E-state index contributed by atoms with van der Waals surface area (Å²) >= 11 is 0. The summed E-state index contributed by atoms with van der Waals surface area (Å²) in [6.07, 6.45) is 2.00. The third-order valence-corrected chi connectivity index (χ3v) is 5.71. The maximum atomic E-state index is 13.2. The SMILES string of the molecule is CCC(C)/C(C1=NC(C)(CC(C)C)C(=O)N1)=C(\CC(C)C)C(=O)OCC#Cc1ccccc1. The first-order valence-electron chi connectivity index (χ1n) is 11.9. The first-order chi connectivity index (χ1) is 15.6. The molecule has 1 aromatic rings. The van der Waals surface area contributed by atoms with Gasteiger partial charge in [0.05, 0.1) is 0 Å². The quantitative estimate of drug-likeness (QED) is 0.315. The summed E-state index contributed by atoms with van der Waals surface area (Å²) in [7, 11) is 0. The maximum absolute atomic E-state index is 13.2. The average molecular weight is 451 g/mol. The van der Waals surface area contributed by atoms with E-state index in [1.807, 2.05) is 37.3 Å². The van der Waals surface area contributed by atoms with Gasteiger partial charge in [-0.2, -0.15) is 0 Å². The number of hydrogen-bond acceptors (Lipinski definition) is 4. The molecule has 1 aromatic carbocycles. The molecular formula is C28H38N2O3. The number of aliphatic imine (C=N–C) groups is 1. The number of benzene rings is 1.